The Hall–Kier alpha value is -0.860. The summed E-state index contributed by atoms with van der Waals surface area (Å²) in [7, 11) is 0. The van der Waals surface area contributed by atoms with E-state index < -0.39 is 6.10 Å². The van der Waals surface area contributed by atoms with E-state index in [4.69, 9.17) is 4.74 Å². The first-order valence-electron chi connectivity index (χ1n) is 8.13. The molecule has 0 bridgehead atoms. The number of aliphatic hydroxyl groups excluding tert-OH is 1. The molecule has 0 aromatic heterocycles. The summed E-state index contributed by atoms with van der Waals surface area (Å²) in [5.41, 5.74) is 1.13. The van der Waals surface area contributed by atoms with Crippen molar-refractivity contribution in [2.75, 3.05) is 26.2 Å². The van der Waals surface area contributed by atoms with Crippen LogP contribution in [-0.4, -0.2) is 49.5 Å². The smallest absolute Gasteiger partial charge is 0.191 e. The van der Waals surface area contributed by atoms with Gasteiger partial charge >= 0.3 is 0 Å². The van der Waals surface area contributed by atoms with Crippen molar-refractivity contribution < 1.29 is 9.84 Å². The van der Waals surface area contributed by atoms with Gasteiger partial charge in [-0.25, -0.2) is 0 Å². The lowest BCUT2D eigenvalue weighted by Crippen LogP contribution is -2.41. The summed E-state index contributed by atoms with van der Waals surface area (Å²) < 4.78 is 5.59. The molecule has 2 rings (SSSR count). The second-order valence-electron chi connectivity index (χ2n) is 5.58. The van der Waals surface area contributed by atoms with Crippen LogP contribution in [0.1, 0.15) is 25.3 Å². The molecule has 1 aliphatic heterocycles. The SMILES string of the molecule is CCNC(=NCC(O)Cc1ccccc1)NCC1CCCO1.I. The van der Waals surface area contributed by atoms with Crippen LogP contribution >= 0.6 is 24.0 Å². The van der Waals surface area contributed by atoms with Gasteiger partial charge < -0.3 is 20.5 Å². The molecule has 1 saturated heterocycles. The summed E-state index contributed by atoms with van der Waals surface area (Å²) in [5, 5.41) is 16.6. The first-order valence-corrected chi connectivity index (χ1v) is 8.13. The molecule has 1 fully saturated rings. The van der Waals surface area contributed by atoms with Crippen molar-refractivity contribution in [2.24, 2.45) is 4.99 Å². The van der Waals surface area contributed by atoms with E-state index in [1.807, 2.05) is 37.3 Å². The number of hydrogen-bond acceptors (Lipinski definition) is 3. The van der Waals surface area contributed by atoms with Crippen molar-refractivity contribution in [3.05, 3.63) is 35.9 Å². The van der Waals surface area contributed by atoms with Crippen LogP contribution in [0.15, 0.2) is 35.3 Å². The number of aliphatic imine (C=N–C) groups is 1. The summed E-state index contributed by atoms with van der Waals surface area (Å²) >= 11 is 0. The van der Waals surface area contributed by atoms with Crippen LogP contribution < -0.4 is 10.6 Å². The Morgan fingerprint density at radius 2 is 2.13 bits per heavy atom. The number of ether oxygens (including phenoxy) is 1. The standard InChI is InChI=1S/C17H27N3O2.HI/c1-2-18-17(20-13-16-9-6-10-22-16)19-12-15(21)11-14-7-4-3-5-8-14;/h3-5,7-8,15-16,21H,2,6,9-13H2,1H3,(H2,18,19,20);1H. The lowest BCUT2D eigenvalue weighted by Gasteiger charge is -2.15. The monoisotopic (exact) mass is 433 g/mol. The molecule has 6 heteroatoms. The van der Waals surface area contributed by atoms with Gasteiger partial charge in [-0.3, -0.25) is 4.99 Å². The second-order valence-corrected chi connectivity index (χ2v) is 5.58. The Morgan fingerprint density at radius 3 is 2.78 bits per heavy atom. The summed E-state index contributed by atoms with van der Waals surface area (Å²) in [6.45, 7) is 4.84. The van der Waals surface area contributed by atoms with Gasteiger partial charge in [0.25, 0.3) is 0 Å². The Morgan fingerprint density at radius 1 is 1.35 bits per heavy atom. The normalized spacial score (nSPS) is 19.0. The number of nitrogens with zero attached hydrogens (tertiary/aromatic N) is 1. The molecule has 1 aromatic carbocycles. The van der Waals surface area contributed by atoms with E-state index in [0.717, 1.165) is 44.1 Å². The van der Waals surface area contributed by atoms with Crippen molar-refractivity contribution in [1.82, 2.24) is 10.6 Å². The minimum absolute atomic E-state index is 0. The zero-order valence-corrected chi connectivity index (χ0v) is 16.0. The maximum atomic E-state index is 10.1. The first-order chi connectivity index (χ1) is 10.8. The fourth-order valence-electron chi connectivity index (χ4n) is 2.50. The fourth-order valence-corrected chi connectivity index (χ4v) is 2.50. The summed E-state index contributed by atoms with van der Waals surface area (Å²) in [6.07, 6.45) is 2.66. The van der Waals surface area contributed by atoms with Crippen LogP contribution in [0.25, 0.3) is 0 Å². The molecular weight excluding hydrogens is 405 g/mol. The van der Waals surface area contributed by atoms with Crippen LogP contribution in [0.3, 0.4) is 0 Å². The lowest BCUT2D eigenvalue weighted by atomic mass is 10.1. The maximum absolute atomic E-state index is 10.1. The highest BCUT2D eigenvalue weighted by molar-refractivity contribution is 14.0. The van der Waals surface area contributed by atoms with Gasteiger partial charge in [0.1, 0.15) is 0 Å². The van der Waals surface area contributed by atoms with Gasteiger partial charge in [-0.1, -0.05) is 30.3 Å². The molecule has 1 aliphatic rings. The molecule has 0 amide bonds. The van der Waals surface area contributed by atoms with E-state index in [1.54, 1.807) is 0 Å². The quantitative estimate of drug-likeness (QED) is 0.350. The van der Waals surface area contributed by atoms with Gasteiger partial charge in [-0.15, -0.1) is 24.0 Å². The number of nitrogens with one attached hydrogen (secondary N) is 2. The molecule has 0 aliphatic carbocycles. The number of benzene rings is 1. The van der Waals surface area contributed by atoms with E-state index in [2.05, 4.69) is 15.6 Å². The zero-order chi connectivity index (χ0) is 15.6. The van der Waals surface area contributed by atoms with Crippen LogP contribution in [-0.2, 0) is 11.2 Å². The van der Waals surface area contributed by atoms with Gasteiger partial charge in [0.05, 0.1) is 18.8 Å². The lowest BCUT2D eigenvalue weighted by molar-refractivity contribution is 0.113. The Bertz CT molecular complexity index is 450. The van der Waals surface area contributed by atoms with Gasteiger partial charge in [0.2, 0.25) is 0 Å². The van der Waals surface area contributed by atoms with E-state index in [-0.39, 0.29) is 30.1 Å². The summed E-state index contributed by atoms with van der Waals surface area (Å²) in [6, 6.07) is 9.99. The molecule has 0 radical (unpaired) electrons. The van der Waals surface area contributed by atoms with Gasteiger partial charge in [-0.2, -0.15) is 0 Å². The third-order valence-electron chi connectivity index (χ3n) is 3.64. The molecule has 2 unspecified atom stereocenters. The van der Waals surface area contributed by atoms with E-state index in [1.165, 1.54) is 0 Å². The number of guanidine groups is 1. The third kappa shape index (κ3) is 7.99. The molecule has 2 atom stereocenters. The Kier molecular flexibility index (Phi) is 10.2. The molecule has 130 valence electrons. The zero-order valence-electron chi connectivity index (χ0n) is 13.7. The summed E-state index contributed by atoms with van der Waals surface area (Å²) in [4.78, 5) is 4.46. The molecular formula is C17H28IN3O2. The number of halogens is 1. The molecule has 1 aromatic rings. The third-order valence-corrected chi connectivity index (χ3v) is 3.64. The van der Waals surface area contributed by atoms with Crippen LogP contribution in [0.5, 0.6) is 0 Å². The highest BCUT2D eigenvalue weighted by Gasteiger charge is 2.15. The molecule has 3 N–H and O–H groups in total. The predicted molar refractivity (Wildman–Crippen MR) is 105 cm³/mol. The molecule has 0 saturated carbocycles. The Labute approximate surface area is 155 Å². The molecule has 0 spiro atoms. The van der Waals surface area contributed by atoms with Crippen molar-refractivity contribution in [3.8, 4) is 0 Å². The van der Waals surface area contributed by atoms with Crippen molar-refractivity contribution in [3.63, 3.8) is 0 Å². The highest BCUT2D eigenvalue weighted by Crippen LogP contribution is 2.10. The maximum Gasteiger partial charge on any atom is 0.191 e. The topological polar surface area (TPSA) is 65.9 Å². The largest absolute Gasteiger partial charge is 0.391 e. The molecule has 23 heavy (non-hydrogen) atoms. The average Bonchev–Trinajstić information content (AvgIpc) is 3.04. The molecule has 1 heterocycles. The number of hydrogen-bond donors (Lipinski definition) is 3. The minimum atomic E-state index is -0.472. The van der Waals surface area contributed by atoms with Crippen molar-refractivity contribution in [2.45, 2.75) is 38.4 Å². The minimum Gasteiger partial charge on any atom is -0.391 e. The Balaban J connectivity index is 0.00000264. The highest BCUT2D eigenvalue weighted by atomic mass is 127. The average molecular weight is 433 g/mol. The van der Waals surface area contributed by atoms with Gasteiger partial charge in [-0.05, 0) is 25.3 Å². The molecule has 5 nitrogen and oxygen atoms in total. The van der Waals surface area contributed by atoms with Gasteiger partial charge in [0.15, 0.2) is 5.96 Å². The van der Waals surface area contributed by atoms with Crippen molar-refractivity contribution >= 4 is 29.9 Å². The van der Waals surface area contributed by atoms with Crippen LogP contribution in [0, 0.1) is 0 Å². The van der Waals surface area contributed by atoms with E-state index >= 15 is 0 Å². The predicted octanol–water partition coefficient (Wildman–Crippen LogP) is 1.94. The van der Waals surface area contributed by atoms with Crippen LogP contribution in [0.2, 0.25) is 0 Å². The van der Waals surface area contributed by atoms with Crippen LogP contribution in [0.4, 0.5) is 0 Å². The van der Waals surface area contributed by atoms with E-state index in [9.17, 15) is 5.11 Å². The van der Waals surface area contributed by atoms with E-state index in [0.29, 0.717) is 13.0 Å². The summed E-state index contributed by atoms with van der Waals surface area (Å²) in [5.74, 6) is 0.741. The van der Waals surface area contributed by atoms with Gasteiger partial charge in [0, 0.05) is 26.1 Å². The number of aliphatic hydroxyl groups is 1. The second kappa shape index (κ2) is 11.6. The first kappa shape index (κ1) is 20.2. The fraction of sp³-hybridized carbons (Fsp3) is 0.588. The number of rotatable bonds is 7. The van der Waals surface area contributed by atoms with Crippen molar-refractivity contribution in [1.29, 1.82) is 0 Å².